The van der Waals surface area contributed by atoms with Gasteiger partial charge < -0.3 is 5.32 Å². The van der Waals surface area contributed by atoms with E-state index in [1.807, 2.05) is 25.1 Å². The number of halogens is 2. The molecular formula is C12H10Cl2N6. The molecule has 0 aliphatic carbocycles. The number of fused-ring (bicyclic) bond motifs is 1. The van der Waals surface area contributed by atoms with Crippen LogP contribution in [0.2, 0.25) is 10.0 Å². The summed E-state index contributed by atoms with van der Waals surface area (Å²) in [5.41, 5.74) is 1.61. The molecule has 20 heavy (non-hydrogen) atoms. The SMILES string of the molecule is C[C@H](Nc1ccc2nnnn2n1)c1ccc(Cl)c(Cl)c1. The molecule has 0 spiro atoms. The Morgan fingerprint density at radius 1 is 1.15 bits per heavy atom. The predicted molar refractivity (Wildman–Crippen MR) is 77.1 cm³/mol. The normalized spacial score (nSPS) is 12.6. The lowest BCUT2D eigenvalue weighted by Crippen LogP contribution is -2.09. The van der Waals surface area contributed by atoms with Crippen LogP contribution < -0.4 is 5.32 Å². The van der Waals surface area contributed by atoms with Gasteiger partial charge in [0.05, 0.1) is 16.1 Å². The third-order valence-electron chi connectivity index (χ3n) is 2.88. The smallest absolute Gasteiger partial charge is 0.200 e. The fourth-order valence-corrected chi connectivity index (χ4v) is 2.12. The number of hydrogen-bond acceptors (Lipinski definition) is 5. The van der Waals surface area contributed by atoms with Crippen molar-refractivity contribution in [3.05, 3.63) is 45.9 Å². The first-order valence-electron chi connectivity index (χ1n) is 5.90. The van der Waals surface area contributed by atoms with Crippen molar-refractivity contribution >= 4 is 34.7 Å². The summed E-state index contributed by atoms with van der Waals surface area (Å²) in [5, 5.41) is 19.7. The first-order valence-corrected chi connectivity index (χ1v) is 6.66. The lowest BCUT2D eigenvalue weighted by atomic mass is 10.1. The van der Waals surface area contributed by atoms with E-state index in [9.17, 15) is 0 Å². The highest BCUT2D eigenvalue weighted by molar-refractivity contribution is 6.42. The van der Waals surface area contributed by atoms with Crippen LogP contribution in [0.5, 0.6) is 0 Å². The summed E-state index contributed by atoms with van der Waals surface area (Å²) in [5.74, 6) is 0.670. The average Bonchev–Trinajstić information content (AvgIpc) is 2.89. The van der Waals surface area contributed by atoms with Gasteiger partial charge in [-0.05, 0) is 47.2 Å². The Labute approximate surface area is 124 Å². The van der Waals surface area contributed by atoms with Crippen molar-refractivity contribution in [3.63, 3.8) is 0 Å². The minimum atomic E-state index is 0.0196. The number of hydrogen-bond donors (Lipinski definition) is 1. The molecule has 3 aromatic rings. The van der Waals surface area contributed by atoms with Gasteiger partial charge in [-0.25, -0.2) is 0 Å². The van der Waals surface area contributed by atoms with Gasteiger partial charge in [0.1, 0.15) is 5.82 Å². The number of nitrogens with one attached hydrogen (secondary N) is 1. The van der Waals surface area contributed by atoms with E-state index in [0.29, 0.717) is 21.5 Å². The lowest BCUT2D eigenvalue weighted by molar-refractivity contribution is 0.728. The zero-order chi connectivity index (χ0) is 14.1. The van der Waals surface area contributed by atoms with E-state index in [1.54, 1.807) is 12.1 Å². The maximum absolute atomic E-state index is 6.02. The van der Waals surface area contributed by atoms with E-state index in [4.69, 9.17) is 23.2 Å². The highest BCUT2D eigenvalue weighted by Crippen LogP contribution is 2.26. The van der Waals surface area contributed by atoms with Gasteiger partial charge in [-0.15, -0.1) is 14.8 Å². The Bertz CT molecular complexity index is 757. The average molecular weight is 309 g/mol. The molecule has 102 valence electrons. The highest BCUT2D eigenvalue weighted by Gasteiger charge is 2.09. The highest BCUT2D eigenvalue weighted by atomic mass is 35.5. The summed E-state index contributed by atoms with van der Waals surface area (Å²) in [6, 6.07) is 9.15. The second-order valence-corrected chi connectivity index (χ2v) is 5.10. The molecule has 0 radical (unpaired) electrons. The molecule has 1 atom stereocenters. The number of rotatable bonds is 3. The summed E-state index contributed by atoms with van der Waals surface area (Å²) in [6.45, 7) is 2.00. The molecule has 0 aliphatic heterocycles. The molecule has 0 bridgehead atoms. The second kappa shape index (κ2) is 5.22. The topological polar surface area (TPSA) is 68.0 Å². The summed E-state index contributed by atoms with van der Waals surface area (Å²) in [4.78, 5) is 0. The summed E-state index contributed by atoms with van der Waals surface area (Å²) >= 11 is 11.9. The van der Waals surface area contributed by atoms with Crippen molar-refractivity contribution in [2.75, 3.05) is 5.32 Å². The standard InChI is InChI=1S/C12H10Cl2N6/c1-7(8-2-3-9(13)10(14)6-8)15-11-4-5-12-16-18-19-20(12)17-11/h2-7H,1H3,(H,15,17)/t7-/m0/s1. The first kappa shape index (κ1) is 13.1. The number of aromatic nitrogens is 5. The predicted octanol–water partition coefficient (Wildman–Crippen LogP) is 3.00. The van der Waals surface area contributed by atoms with E-state index < -0.39 is 0 Å². The Balaban J connectivity index is 1.83. The molecule has 1 N–H and O–H groups in total. The van der Waals surface area contributed by atoms with Crippen molar-refractivity contribution in [1.82, 2.24) is 25.3 Å². The molecule has 8 heteroatoms. The third-order valence-corrected chi connectivity index (χ3v) is 3.62. The number of tetrazole rings is 1. The monoisotopic (exact) mass is 308 g/mol. The van der Waals surface area contributed by atoms with Gasteiger partial charge in [0.15, 0.2) is 5.65 Å². The van der Waals surface area contributed by atoms with Crippen molar-refractivity contribution in [2.24, 2.45) is 0 Å². The number of benzene rings is 1. The second-order valence-electron chi connectivity index (χ2n) is 4.28. The quantitative estimate of drug-likeness (QED) is 0.805. The van der Waals surface area contributed by atoms with E-state index in [-0.39, 0.29) is 6.04 Å². The van der Waals surface area contributed by atoms with Crippen LogP contribution in [0.4, 0.5) is 5.82 Å². The maximum atomic E-state index is 6.02. The summed E-state index contributed by atoms with van der Waals surface area (Å²) in [6.07, 6.45) is 0. The molecular weight excluding hydrogens is 299 g/mol. The Morgan fingerprint density at radius 3 is 2.80 bits per heavy atom. The number of anilines is 1. The summed E-state index contributed by atoms with van der Waals surface area (Å²) in [7, 11) is 0. The molecule has 1 aromatic carbocycles. The van der Waals surface area contributed by atoms with Gasteiger partial charge in [-0.2, -0.15) is 0 Å². The zero-order valence-electron chi connectivity index (χ0n) is 10.5. The van der Waals surface area contributed by atoms with Gasteiger partial charge >= 0.3 is 0 Å². The van der Waals surface area contributed by atoms with Crippen LogP contribution in [0, 0.1) is 0 Å². The molecule has 2 aromatic heterocycles. The van der Waals surface area contributed by atoms with Crippen molar-refractivity contribution in [1.29, 1.82) is 0 Å². The van der Waals surface area contributed by atoms with Crippen LogP contribution in [0.15, 0.2) is 30.3 Å². The van der Waals surface area contributed by atoms with E-state index in [0.717, 1.165) is 5.56 Å². The van der Waals surface area contributed by atoms with Gasteiger partial charge in [0.2, 0.25) is 0 Å². The van der Waals surface area contributed by atoms with Crippen LogP contribution >= 0.6 is 23.2 Å². The minimum absolute atomic E-state index is 0.0196. The Hall–Kier alpha value is -1.92. The van der Waals surface area contributed by atoms with E-state index in [1.165, 1.54) is 4.63 Å². The van der Waals surface area contributed by atoms with Crippen LogP contribution in [-0.4, -0.2) is 25.3 Å². The van der Waals surface area contributed by atoms with Gasteiger partial charge in [-0.1, -0.05) is 29.3 Å². The fourth-order valence-electron chi connectivity index (χ4n) is 1.81. The minimum Gasteiger partial charge on any atom is -0.362 e. The molecule has 0 fully saturated rings. The van der Waals surface area contributed by atoms with E-state index >= 15 is 0 Å². The van der Waals surface area contributed by atoms with Crippen molar-refractivity contribution in [2.45, 2.75) is 13.0 Å². The Kier molecular flexibility index (Phi) is 3.42. The maximum Gasteiger partial charge on any atom is 0.200 e. The third kappa shape index (κ3) is 2.52. The molecule has 0 unspecified atom stereocenters. The van der Waals surface area contributed by atoms with Gasteiger partial charge in [-0.3, -0.25) is 0 Å². The Morgan fingerprint density at radius 2 is 2.00 bits per heavy atom. The molecule has 3 rings (SSSR count). The molecule has 0 aliphatic rings. The number of nitrogens with zero attached hydrogens (tertiary/aromatic N) is 5. The largest absolute Gasteiger partial charge is 0.362 e. The van der Waals surface area contributed by atoms with Crippen LogP contribution in [-0.2, 0) is 0 Å². The van der Waals surface area contributed by atoms with Gasteiger partial charge in [0, 0.05) is 0 Å². The van der Waals surface area contributed by atoms with Crippen molar-refractivity contribution in [3.8, 4) is 0 Å². The molecule has 6 nitrogen and oxygen atoms in total. The zero-order valence-corrected chi connectivity index (χ0v) is 12.0. The fraction of sp³-hybridized carbons (Fsp3) is 0.167. The van der Waals surface area contributed by atoms with Crippen molar-refractivity contribution < 1.29 is 0 Å². The van der Waals surface area contributed by atoms with Crippen LogP contribution in [0.1, 0.15) is 18.5 Å². The molecule has 0 amide bonds. The molecule has 2 heterocycles. The summed E-state index contributed by atoms with van der Waals surface area (Å²) < 4.78 is 1.36. The van der Waals surface area contributed by atoms with Crippen LogP contribution in [0.25, 0.3) is 5.65 Å². The van der Waals surface area contributed by atoms with Crippen LogP contribution in [0.3, 0.4) is 0 Å². The first-order chi connectivity index (χ1) is 9.63. The van der Waals surface area contributed by atoms with E-state index in [2.05, 4.69) is 25.9 Å². The molecule has 0 saturated heterocycles. The lowest BCUT2D eigenvalue weighted by Gasteiger charge is -2.15. The van der Waals surface area contributed by atoms with Gasteiger partial charge in [0.25, 0.3) is 0 Å². The molecule has 0 saturated carbocycles.